The number of benzene rings is 1. The van der Waals surface area contributed by atoms with Crippen LogP contribution in [0.3, 0.4) is 0 Å². The van der Waals surface area contributed by atoms with Gasteiger partial charge in [-0.2, -0.15) is 0 Å². The average molecular weight is 263 g/mol. The molecule has 1 rings (SSSR count). The van der Waals surface area contributed by atoms with Crippen molar-refractivity contribution in [2.75, 3.05) is 7.11 Å². The monoisotopic (exact) mass is 262 g/mol. The number of carboxylic acids is 1. The van der Waals surface area contributed by atoms with E-state index in [2.05, 4.69) is 28.6 Å². The molecule has 0 saturated carbocycles. The minimum atomic E-state index is -1.01. The highest BCUT2D eigenvalue weighted by atomic mass is 79.9. The number of thiol groups is 1. The summed E-state index contributed by atoms with van der Waals surface area (Å²) in [6, 6.07) is 3.01. The number of methoxy groups -OCH3 is 1. The minimum Gasteiger partial charge on any atom is -0.496 e. The SMILES string of the molecule is COc1cc(S)c(C(=O)O)cc1Br. The molecule has 0 aliphatic carbocycles. The Morgan fingerprint density at radius 1 is 1.62 bits per heavy atom. The first-order chi connectivity index (χ1) is 6.06. The van der Waals surface area contributed by atoms with Crippen LogP contribution in [0.15, 0.2) is 21.5 Å². The van der Waals surface area contributed by atoms with Gasteiger partial charge in [0.1, 0.15) is 5.75 Å². The normalized spacial score (nSPS) is 9.77. The molecule has 70 valence electrons. The fourth-order valence-corrected chi connectivity index (χ4v) is 1.65. The fourth-order valence-electron chi connectivity index (χ4n) is 0.870. The number of hydrogen-bond acceptors (Lipinski definition) is 3. The van der Waals surface area contributed by atoms with Crippen LogP contribution in [0, 0.1) is 0 Å². The lowest BCUT2D eigenvalue weighted by molar-refractivity contribution is 0.0693. The molecule has 0 unspecified atom stereocenters. The predicted octanol–water partition coefficient (Wildman–Crippen LogP) is 2.44. The molecule has 5 heteroatoms. The number of ether oxygens (including phenoxy) is 1. The Hall–Kier alpha value is -0.680. The van der Waals surface area contributed by atoms with Gasteiger partial charge in [-0.1, -0.05) is 0 Å². The van der Waals surface area contributed by atoms with Crippen molar-refractivity contribution in [3.63, 3.8) is 0 Å². The Kier molecular flexibility index (Phi) is 3.22. The molecule has 0 fully saturated rings. The lowest BCUT2D eigenvalue weighted by Crippen LogP contribution is -1.98. The molecular weight excluding hydrogens is 256 g/mol. The van der Waals surface area contributed by atoms with Crippen LogP contribution in [0.2, 0.25) is 0 Å². The average Bonchev–Trinajstić information content (AvgIpc) is 2.07. The van der Waals surface area contributed by atoms with Gasteiger partial charge in [0, 0.05) is 4.90 Å². The van der Waals surface area contributed by atoms with E-state index in [1.165, 1.54) is 13.2 Å². The first-order valence-corrected chi connectivity index (χ1v) is 4.60. The van der Waals surface area contributed by atoms with E-state index in [0.717, 1.165) is 0 Å². The maximum atomic E-state index is 10.7. The molecule has 0 spiro atoms. The molecule has 0 radical (unpaired) electrons. The second-order valence-electron chi connectivity index (χ2n) is 2.31. The third kappa shape index (κ3) is 2.16. The molecule has 0 amide bonds. The van der Waals surface area contributed by atoms with Crippen molar-refractivity contribution < 1.29 is 14.6 Å². The number of halogens is 1. The summed E-state index contributed by atoms with van der Waals surface area (Å²) in [5.74, 6) is -0.441. The second-order valence-corrected chi connectivity index (χ2v) is 3.65. The molecule has 0 saturated heterocycles. The van der Waals surface area contributed by atoms with Crippen molar-refractivity contribution in [1.29, 1.82) is 0 Å². The number of carboxylic acid groups (broad SMARTS) is 1. The van der Waals surface area contributed by atoms with Crippen LogP contribution in [0.5, 0.6) is 5.75 Å². The number of carbonyl (C=O) groups is 1. The van der Waals surface area contributed by atoms with Gasteiger partial charge in [-0.05, 0) is 28.1 Å². The quantitative estimate of drug-likeness (QED) is 0.805. The van der Waals surface area contributed by atoms with Gasteiger partial charge < -0.3 is 9.84 Å². The third-order valence-electron chi connectivity index (χ3n) is 1.50. The second kappa shape index (κ2) is 4.02. The first kappa shape index (κ1) is 10.4. The zero-order valence-corrected chi connectivity index (χ0v) is 9.22. The summed E-state index contributed by atoms with van der Waals surface area (Å²) in [5.41, 5.74) is 0.149. The molecule has 13 heavy (non-hydrogen) atoms. The minimum absolute atomic E-state index is 0.149. The Bertz CT molecular complexity index is 351. The molecule has 0 aliphatic heterocycles. The highest BCUT2D eigenvalue weighted by Gasteiger charge is 2.11. The van der Waals surface area contributed by atoms with E-state index in [0.29, 0.717) is 15.1 Å². The highest BCUT2D eigenvalue weighted by molar-refractivity contribution is 9.10. The lowest BCUT2D eigenvalue weighted by atomic mass is 10.2. The van der Waals surface area contributed by atoms with E-state index < -0.39 is 5.97 Å². The molecule has 1 aromatic rings. The van der Waals surface area contributed by atoms with Gasteiger partial charge in [0.05, 0.1) is 17.1 Å². The summed E-state index contributed by atoms with van der Waals surface area (Å²) < 4.78 is 5.57. The van der Waals surface area contributed by atoms with Crippen LogP contribution in [0.4, 0.5) is 0 Å². The largest absolute Gasteiger partial charge is 0.496 e. The summed E-state index contributed by atoms with van der Waals surface area (Å²) in [7, 11) is 1.51. The first-order valence-electron chi connectivity index (χ1n) is 3.36. The van der Waals surface area contributed by atoms with Gasteiger partial charge in [-0.3, -0.25) is 0 Å². The number of aromatic carboxylic acids is 1. The van der Waals surface area contributed by atoms with Crippen LogP contribution >= 0.6 is 28.6 Å². The van der Waals surface area contributed by atoms with Crippen LogP contribution in [-0.4, -0.2) is 18.2 Å². The zero-order chi connectivity index (χ0) is 10.0. The molecule has 1 aromatic carbocycles. The van der Waals surface area contributed by atoms with Gasteiger partial charge in [0.25, 0.3) is 0 Å². The van der Waals surface area contributed by atoms with Crippen LogP contribution in [-0.2, 0) is 0 Å². The molecule has 0 heterocycles. The molecular formula is C8H7BrO3S. The van der Waals surface area contributed by atoms with Gasteiger partial charge >= 0.3 is 5.97 Å². The molecule has 1 N–H and O–H groups in total. The van der Waals surface area contributed by atoms with E-state index in [-0.39, 0.29) is 5.56 Å². The number of hydrogen-bond donors (Lipinski definition) is 2. The standard InChI is InChI=1S/C8H7BrO3S/c1-12-6-3-7(13)4(8(10)11)2-5(6)9/h2-3,13H,1H3,(H,10,11). The Labute approximate surface area is 89.3 Å². The summed E-state index contributed by atoms with van der Waals surface area (Å²) in [4.78, 5) is 11.0. The van der Waals surface area contributed by atoms with E-state index in [1.807, 2.05) is 0 Å². The lowest BCUT2D eigenvalue weighted by Gasteiger charge is -2.06. The topological polar surface area (TPSA) is 46.5 Å². The molecule has 0 bridgehead atoms. The van der Waals surface area contributed by atoms with Crippen molar-refractivity contribution in [1.82, 2.24) is 0 Å². The Balaban J connectivity index is 3.28. The van der Waals surface area contributed by atoms with Crippen LogP contribution < -0.4 is 4.74 Å². The van der Waals surface area contributed by atoms with Gasteiger partial charge in [0.15, 0.2) is 0 Å². The van der Waals surface area contributed by atoms with Gasteiger partial charge in [-0.25, -0.2) is 4.79 Å². The third-order valence-corrected chi connectivity index (χ3v) is 2.49. The Morgan fingerprint density at radius 2 is 2.23 bits per heavy atom. The summed E-state index contributed by atoms with van der Waals surface area (Å²) >= 11 is 7.21. The Morgan fingerprint density at radius 3 is 2.69 bits per heavy atom. The molecule has 0 aliphatic rings. The van der Waals surface area contributed by atoms with E-state index >= 15 is 0 Å². The zero-order valence-electron chi connectivity index (χ0n) is 6.74. The highest BCUT2D eigenvalue weighted by Crippen LogP contribution is 2.30. The molecule has 0 aromatic heterocycles. The number of rotatable bonds is 2. The van der Waals surface area contributed by atoms with E-state index in [9.17, 15) is 4.79 Å². The van der Waals surface area contributed by atoms with Crippen molar-refractivity contribution in [2.24, 2.45) is 0 Å². The van der Waals surface area contributed by atoms with Crippen molar-refractivity contribution in [3.8, 4) is 5.75 Å². The summed E-state index contributed by atoms with van der Waals surface area (Å²) in [5, 5.41) is 8.74. The molecule has 0 atom stereocenters. The van der Waals surface area contributed by atoms with E-state index in [1.54, 1.807) is 6.07 Å². The van der Waals surface area contributed by atoms with Gasteiger partial charge in [-0.15, -0.1) is 12.6 Å². The van der Waals surface area contributed by atoms with E-state index in [4.69, 9.17) is 9.84 Å². The molecule has 3 nitrogen and oxygen atoms in total. The van der Waals surface area contributed by atoms with Crippen LogP contribution in [0.1, 0.15) is 10.4 Å². The maximum Gasteiger partial charge on any atom is 0.336 e. The van der Waals surface area contributed by atoms with Crippen LogP contribution in [0.25, 0.3) is 0 Å². The predicted molar refractivity (Wildman–Crippen MR) is 54.9 cm³/mol. The van der Waals surface area contributed by atoms with Crippen molar-refractivity contribution >= 4 is 34.5 Å². The summed E-state index contributed by atoms with van der Waals surface area (Å²) in [6.07, 6.45) is 0. The maximum absolute atomic E-state index is 10.7. The smallest absolute Gasteiger partial charge is 0.336 e. The fraction of sp³-hybridized carbons (Fsp3) is 0.125. The van der Waals surface area contributed by atoms with Crippen molar-refractivity contribution in [2.45, 2.75) is 4.90 Å². The summed E-state index contributed by atoms with van der Waals surface area (Å²) in [6.45, 7) is 0. The van der Waals surface area contributed by atoms with Crippen molar-refractivity contribution in [3.05, 3.63) is 22.2 Å². The van der Waals surface area contributed by atoms with Gasteiger partial charge in [0.2, 0.25) is 0 Å².